The number of halogens is 8. The van der Waals surface area contributed by atoms with Gasteiger partial charge in [0.05, 0.1) is 0 Å². The zero-order valence-corrected chi connectivity index (χ0v) is 18.3. The molecule has 0 saturated heterocycles. The van der Waals surface area contributed by atoms with Crippen molar-refractivity contribution in [2.45, 2.75) is 64.3 Å². The molecule has 0 spiro atoms. The fourth-order valence-corrected chi connectivity index (χ4v) is 4.30. The summed E-state index contributed by atoms with van der Waals surface area (Å²) >= 11 is 0. The van der Waals surface area contributed by atoms with Gasteiger partial charge in [0, 0.05) is 6.07 Å². The molecule has 1 saturated carbocycles. The molecule has 0 atom stereocenters. The van der Waals surface area contributed by atoms with Crippen LogP contribution in [0.5, 0.6) is 11.5 Å². The Balaban J connectivity index is 1.69. The summed E-state index contributed by atoms with van der Waals surface area (Å²) < 4.78 is 116. The van der Waals surface area contributed by atoms with Crippen LogP contribution >= 0.6 is 0 Å². The topological polar surface area (TPSA) is 18.5 Å². The molecule has 1 aliphatic carbocycles. The third kappa shape index (κ3) is 6.76. The van der Waals surface area contributed by atoms with E-state index in [4.69, 9.17) is 0 Å². The van der Waals surface area contributed by atoms with Crippen LogP contribution in [0.4, 0.5) is 35.1 Å². The van der Waals surface area contributed by atoms with Crippen LogP contribution in [0.2, 0.25) is 0 Å². The molecule has 0 aliphatic heterocycles. The van der Waals surface area contributed by atoms with Crippen molar-refractivity contribution >= 4 is 0 Å². The minimum Gasteiger partial charge on any atom is -0.429 e. The van der Waals surface area contributed by atoms with E-state index in [1.165, 1.54) is 0 Å². The molecule has 188 valence electrons. The number of hydrogen-bond acceptors (Lipinski definition) is 2. The third-order valence-corrected chi connectivity index (χ3v) is 6.15. The highest BCUT2D eigenvalue weighted by Gasteiger charge is 2.41. The van der Waals surface area contributed by atoms with Crippen LogP contribution < -0.4 is 9.47 Å². The molecule has 10 heteroatoms. The van der Waals surface area contributed by atoms with Crippen molar-refractivity contribution in [3.8, 4) is 11.5 Å². The molecule has 3 rings (SSSR count). The van der Waals surface area contributed by atoms with Gasteiger partial charge in [0.15, 0.2) is 11.6 Å². The highest BCUT2D eigenvalue weighted by atomic mass is 19.4. The van der Waals surface area contributed by atoms with Gasteiger partial charge in [-0.15, -0.1) is 13.2 Å². The minimum absolute atomic E-state index is 0.201. The summed E-state index contributed by atoms with van der Waals surface area (Å²) in [5.74, 6) is -5.81. The lowest BCUT2D eigenvalue weighted by atomic mass is 9.78. The van der Waals surface area contributed by atoms with E-state index in [2.05, 4.69) is 16.4 Å². The van der Waals surface area contributed by atoms with Gasteiger partial charge >= 0.3 is 12.5 Å². The average Bonchev–Trinajstić information content (AvgIpc) is 2.73. The maximum absolute atomic E-state index is 14.5. The minimum atomic E-state index is -5.20. The molecule has 0 radical (unpaired) electrons. The molecule has 1 aliphatic rings. The second-order valence-electron chi connectivity index (χ2n) is 8.53. The lowest BCUT2D eigenvalue weighted by Crippen LogP contribution is -2.25. The summed E-state index contributed by atoms with van der Waals surface area (Å²) in [5, 5.41) is 0. The molecule has 2 aromatic carbocycles. The average molecular weight is 496 g/mol. The van der Waals surface area contributed by atoms with E-state index in [9.17, 15) is 35.1 Å². The van der Waals surface area contributed by atoms with Gasteiger partial charge in [0.25, 0.3) is 0 Å². The smallest absolute Gasteiger partial charge is 0.429 e. The van der Waals surface area contributed by atoms with Gasteiger partial charge in [-0.25, -0.2) is 13.2 Å². The number of aryl methyl sites for hydroxylation is 1. The Bertz CT molecular complexity index is 958. The Hall–Kier alpha value is -2.52. The third-order valence-electron chi connectivity index (χ3n) is 6.15. The molecular weight excluding hydrogens is 472 g/mol. The summed E-state index contributed by atoms with van der Waals surface area (Å²) in [6, 6.07) is 2.81. The number of hydrogen-bond donors (Lipinski definition) is 0. The van der Waals surface area contributed by atoms with Gasteiger partial charge in [0.1, 0.15) is 22.9 Å². The van der Waals surface area contributed by atoms with Crippen molar-refractivity contribution in [2.24, 2.45) is 11.8 Å². The van der Waals surface area contributed by atoms with Crippen LogP contribution in [0.15, 0.2) is 30.3 Å². The second kappa shape index (κ2) is 10.4. The maximum atomic E-state index is 14.5. The van der Waals surface area contributed by atoms with E-state index in [1.807, 2.05) is 0 Å². The standard InChI is InChI=1S/C24H24F8O2/c1-2-14-3-5-15(6-4-14)7-8-16-11-19(26)22(20(27)12-16)23(28,29)33-17-9-10-21(18(25)13-17)34-24(30,31)32/h9-15H,2-8H2,1H3. The highest BCUT2D eigenvalue weighted by molar-refractivity contribution is 5.35. The lowest BCUT2D eigenvalue weighted by Gasteiger charge is -2.27. The molecule has 2 aromatic rings. The molecule has 0 heterocycles. The Kier molecular flexibility index (Phi) is 7.98. The van der Waals surface area contributed by atoms with Crippen molar-refractivity contribution in [3.05, 3.63) is 58.9 Å². The largest absolute Gasteiger partial charge is 0.573 e. The number of rotatable bonds is 8. The number of ether oxygens (including phenoxy) is 2. The molecule has 0 amide bonds. The van der Waals surface area contributed by atoms with Gasteiger partial charge in [-0.1, -0.05) is 39.0 Å². The Morgan fingerprint density at radius 1 is 0.794 bits per heavy atom. The zero-order valence-electron chi connectivity index (χ0n) is 18.3. The summed E-state index contributed by atoms with van der Waals surface area (Å²) in [4.78, 5) is 0. The van der Waals surface area contributed by atoms with Gasteiger partial charge in [-0.2, -0.15) is 8.78 Å². The molecule has 0 aromatic heterocycles. The fraction of sp³-hybridized carbons (Fsp3) is 0.500. The van der Waals surface area contributed by atoms with Crippen LogP contribution in [0.1, 0.15) is 56.6 Å². The predicted octanol–water partition coefficient (Wildman–Crippen LogP) is 8.28. The Labute approximate surface area is 191 Å². The van der Waals surface area contributed by atoms with Crippen LogP contribution in [-0.4, -0.2) is 6.36 Å². The van der Waals surface area contributed by atoms with E-state index < -0.39 is 47.0 Å². The Morgan fingerprint density at radius 2 is 1.38 bits per heavy atom. The van der Waals surface area contributed by atoms with Crippen LogP contribution in [0.3, 0.4) is 0 Å². The molecular formula is C24H24F8O2. The van der Waals surface area contributed by atoms with E-state index in [0.717, 1.165) is 44.2 Å². The summed E-state index contributed by atoms with van der Waals surface area (Å²) in [6.07, 6.45) is -3.35. The summed E-state index contributed by atoms with van der Waals surface area (Å²) in [5.41, 5.74) is -1.44. The first-order chi connectivity index (χ1) is 15.9. The molecule has 34 heavy (non-hydrogen) atoms. The maximum Gasteiger partial charge on any atom is 0.573 e. The molecule has 2 nitrogen and oxygen atoms in total. The first kappa shape index (κ1) is 26.1. The normalized spacial score (nSPS) is 19.2. The van der Waals surface area contributed by atoms with Gasteiger partial charge in [0.2, 0.25) is 0 Å². The van der Waals surface area contributed by atoms with Gasteiger partial charge < -0.3 is 9.47 Å². The van der Waals surface area contributed by atoms with Crippen LogP contribution in [0.25, 0.3) is 0 Å². The van der Waals surface area contributed by atoms with Crippen molar-refractivity contribution in [1.29, 1.82) is 0 Å². The van der Waals surface area contributed by atoms with Crippen LogP contribution in [0, 0.1) is 29.3 Å². The van der Waals surface area contributed by atoms with E-state index in [-0.39, 0.29) is 11.6 Å². The van der Waals surface area contributed by atoms with Crippen molar-refractivity contribution in [3.63, 3.8) is 0 Å². The monoisotopic (exact) mass is 496 g/mol. The summed E-state index contributed by atoms with van der Waals surface area (Å²) in [7, 11) is 0. The highest BCUT2D eigenvalue weighted by Crippen LogP contribution is 2.38. The first-order valence-electron chi connectivity index (χ1n) is 11.0. The van der Waals surface area contributed by atoms with E-state index >= 15 is 0 Å². The SMILES string of the molecule is CCC1CCC(CCc2cc(F)c(C(F)(F)Oc3ccc(OC(F)(F)F)c(F)c3)c(F)c2)CC1. The zero-order chi connectivity index (χ0) is 25.1. The quantitative estimate of drug-likeness (QED) is 0.343. The fourth-order valence-electron chi connectivity index (χ4n) is 4.30. The van der Waals surface area contributed by atoms with Crippen molar-refractivity contribution in [2.75, 3.05) is 0 Å². The molecule has 0 N–H and O–H groups in total. The first-order valence-corrected chi connectivity index (χ1v) is 11.0. The predicted molar refractivity (Wildman–Crippen MR) is 108 cm³/mol. The summed E-state index contributed by atoms with van der Waals surface area (Å²) in [6.45, 7) is 2.14. The van der Waals surface area contributed by atoms with E-state index in [0.29, 0.717) is 36.8 Å². The second-order valence-corrected chi connectivity index (χ2v) is 8.53. The van der Waals surface area contributed by atoms with Gasteiger partial charge in [-0.3, -0.25) is 0 Å². The number of alkyl halides is 5. The molecule has 1 fully saturated rings. The number of benzene rings is 2. The van der Waals surface area contributed by atoms with Gasteiger partial charge in [-0.05, 0) is 54.5 Å². The van der Waals surface area contributed by atoms with Crippen molar-refractivity contribution in [1.82, 2.24) is 0 Å². The van der Waals surface area contributed by atoms with Crippen LogP contribution in [-0.2, 0) is 12.5 Å². The molecule has 0 bridgehead atoms. The Morgan fingerprint density at radius 3 is 1.91 bits per heavy atom. The lowest BCUT2D eigenvalue weighted by molar-refractivity contribution is -0.275. The van der Waals surface area contributed by atoms with E-state index in [1.54, 1.807) is 0 Å². The van der Waals surface area contributed by atoms with Crippen molar-refractivity contribution < 1.29 is 44.6 Å². The molecule has 0 unspecified atom stereocenters.